The van der Waals surface area contributed by atoms with E-state index in [-0.39, 0.29) is 5.91 Å². The van der Waals surface area contributed by atoms with Crippen molar-refractivity contribution in [2.75, 3.05) is 12.4 Å². The first-order chi connectivity index (χ1) is 11.4. The second-order valence-electron chi connectivity index (χ2n) is 6.50. The van der Waals surface area contributed by atoms with E-state index in [1.807, 2.05) is 31.2 Å². The summed E-state index contributed by atoms with van der Waals surface area (Å²) in [5.74, 6) is 1.33. The van der Waals surface area contributed by atoms with Gasteiger partial charge in [0.15, 0.2) is 0 Å². The minimum absolute atomic E-state index is 0.00979. The van der Waals surface area contributed by atoms with Crippen LogP contribution in [0.25, 0.3) is 0 Å². The van der Waals surface area contributed by atoms with Crippen molar-refractivity contribution in [2.45, 2.75) is 47.1 Å². The number of ether oxygens (including phenoxy) is 1. The van der Waals surface area contributed by atoms with Crippen LogP contribution >= 0.6 is 0 Å². The van der Waals surface area contributed by atoms with Crippen LogP contribution in [-0.4, -0.2) is 22.8 Å². The molecule has 0 spiro atoms. The molecule has 1 amide bonds. The van der Waals surface area contributed by atoms with Crippen LogP contribution in [0.4, 0.5) is 5.69 Å². The molecule has 1 heterocycles. The minimum atomic E-state index is 0.00979. The fraction of sp³-hybridized carbons (Fsp3) is 0.474. The number of carbonyl (C=O) groups is 1. The van der Waals surface area contributed by atoms with E-state index < -0.39 is 0 Å². The topological polar surface area (TPSA) is 56.1 Å². The van der Waals surface area contributed by atoms with Gasteiger partial charge in [-0.3, -0.25) is 9.48 Å². The molecule has 0 fully saturated rings. The summed E-state index contributed by atoms with van der Waals surface area (Å²) >= 11 is 0. The highest BCUT2D eigenvalue weighted by atomic mass is 16.5. The molecule has 5 nitrogen and oxygen atoms in total. The predicted molar refractivity (Wildman–Crippen MR) is 96.5 cm³/mol. The number of amides is 1. The van der Waals surface area contributed by atoms with Crippen molar-refractivity contribution in [2.24, 2.45) is 5.92 Å². The molecule has 1 aromatic heterocycles. The lowest BCUT2D eigenvalue weighted by molar-refractivity contribution is -0.116. The van der Waals surface area contributed by atoms with Gasteiger partial charge in [0.1, 0.15) is 5.75 Å². The molecule has 0 aliphatic rings. The number of rotatable bonds is 7. The van der Waals surface area contributed by atoms with Crippen molar-refractivity contribution in [1.82, 2.24) is 9.78 Å². The summed E-state index contributed by atoms with van der Waals surface area (Å²) in [6.07, 6.45) is 1.15. The Morgan fingerprint density at radius 3 is 2.50 bits per heavy atom. The van der Waals surface area contributed by atoms with Crippen LogP contribution in [0.1, 0.15) is 37.2 Å². The number of aromatic nitrogens is 2. The maximum atomic E-state index is 12.2. The van der Waals surface area contributed by atoms with E-state index >= 15 is 0 Å². The monoisotopic (exact) mass is 329 g/mol. The molecular formula is C19H27N3O2. The average molecular weight is 329 g/mol. The van der Waals surface area contributed by atoms with Gasteiger partial charge in [-0.1, -0.05) is 13.8 Å². The second-order valence-corrected chi connectivity index (χ2v) is 6.50. The van der Waals surface area contributed by atoms with E-state index in [9.17, 15) is 4.79 Å². The molecule has 0 atom stereocenters. The lowest BCUT2D eigenvalue weighted by atomic mass is 10.1. The molecule has 0 radical (unpaired) electrons. The van der Waals surface area contributed by atoms with Gasteiger partial charge in [0, 0.05) is 24.3 Å². The average Bonchev–Trinajstić information content (AvgIpc) is 2.79. The molecule has 0 unspecified atom stereocenters. The van der Waals surface area contributed by atoms with Gasteiger partial charge in [0.25, 0.3) is 0 Å². The van der Waals surface area contributed by atoms with Crippen LogP contribution in [0.15, 0.2) is 24.3 Å². The largest absolute Gasteiger partial charge is 0.497 e. The van der Waals surface area contributed by atoms with Crippen molar-refractivity contribution in [3.63, 3.8) is 0 Å². The van der Waals surface area contributed by atoms with E-state index in [1.165, 1.54) is 11.3 Å². The Morgan fingerprint density at radius 2 is 1.92 bits per heavy atom. The van der Waals surface area contributed by atoms with Crippen molar-refractivity contribution in [3.05, 3.63) is 41.2 Å². The molecular weight excluding hydrogens is 302 g/mol. The summed E-state index contributed by atoms with van der Waals surface area (Å²) in [5, 5.41) is 7.52. The molecule has 1 N–H and O–H groups in total. The fourth-order valence-electron chi connectivity index (χ4n) is 2.76. The number of hydrogen-bond donors (Lipinski definition) is 1. The smallest absolute Gasteiger partial charge is 0.224 e. The molecule has 130 valence electrons. The molecule has 0 saturated carbocycles. The maximum Gasteiger partial charge on any atom is 0.224 e. The third kappa shape index (κ3) is 4.60. The van der Waals surface area contributed by atoms with Crippen molar-refractivity contribution >= 4 is 11.6 Å². The number of methoxy groups -OCH3 is 1. The summed E-state index contributed by atoms with van der Waals surface area (Å²) in [6.45, 7) is 9.36. The zero-order valence-corrected chi connectivity index (χ0v) is 15.2. The van der Waals surface area contributed by atoms with Gasteiger partial charge in [-0.2, -0.15) is 5.10 Å². The van der Waals surface area contributed by atoms with Gasteiger partial charge in [-0.15, -0.1) is 0 Å². The Labute approximate surface area is 144 Å². The van der Waals surface area contributed by atoms with Crippen molar-refractivity contribution < 1.29 is 9.53 Å². The van der Waals surface area contributed by atoms with E-state index in [4.69, 9.17) is 4.74 Å². The van der Waals surface area contributed by atoms with E-state index in [0.717, 1.165) is 23.7 Å². The van der Waals surface area contributed by atoms with Crippen LogP contribution < -0.4 is 10.1 Å². The second kappa shape index (κ2) is 7.99. The minimum Gasteiger partial charge on any atom is -0.497 e. The van der Waals surface area contributed by atoms with Gasteiger partial charge in [0.2, 0.25) is 5.91 Å². The molecule has 5 heteroatoms. The zero-order valence-electron chi connectivity index (χ0n) is 15.2. The Morgan fingerprint density at radius 1 is 1.25 bits per heavy atom. The summed E-state index contributed by atoms with van der Waals surface area (Å²) in [7, 11) is 1.62. The summed E-state index contributed by atoms with van der Waals surface area (Å²) in [5.41, 5.74) is 4.15. The molecule has 2 rings (SSSR count). The van der Waals surface area contributed by atoms with Crippen LogP contribution in [0.3, 0.4) is 0 Å². The molecule has 0 aliphatic carbocycles. The Bertz CT molecular complexity index is 687. The molecule has 0 saturated heterocycles. The van der Waals surface area contributed by atoms with Crippen LogP contribution in [0, 0.1) is 19.8 Å². The van der Waals surface area contributed by atoms with E-state index in [0.29, 0.717) is 18.8 Å². The zero-order chi connectivity index (χ0) is 17.7. The van der Waals surface area contributed by atoms with Crippen LogP contribution in [0.2, 0.25) is 0 Å². The number of hydrogen-bond acceptors (Lipinski definition) is 3. The predicted octanol–water partition coefficient (Wildman–Crippen LogP) is 3.74. The maximum absolute atomic E-state index is 12.2. The van der Waals surface area contributed by atoms with Crippen molar-refractivity contribution in [3.8, 4) is 5.75 Å². The molecule has 24 heavy (non-hydrogen) atoms. The SMILES string of the molecule is COc1ccc(NC(=O)CCc2c(C)nn(CC(C)C)c2C)cc1. The number of benzene rings is 1. The van der Waals surface area contributed by atoms with E-state index in [2.05, 4.69) is 35.9 Å². The van der Waals surface area contributed by atoms with Gasteiger partial charge < -0.3 is 10.1 Å². The molecule has 2 aromatic rings. The number of aryl methyl sites for hydroxylation is 1. The number of anilines is 1. The number of nitrogens with one attached hydrogen (secondary N) is 1. The quantitative estimate of drug-likeness (QED) is 0.842. The number of carbonyl (C=O) groups excluding carboxylic acids is 1. The Hall–Kier alpha value is -2.30. The van der Waals surface area contributed by atoms with Gasteiger partial charge in [-0.05, 0) is 56.0 Å². The van der Waals surface area contributed by atoms with Gasteiger partial charge in [0.05, 0.1) is 12.8 Å². The third-order valence-electron chi connectivity index (χ3n) is 4.05. The van der Waals surface area contributed by atoms with Crippen LogP contribution in [0.5, 0.6) is 5.75 Å². The highest BCUT2D eigenvalue weighted by Crippen LogP contribution is 2.18. The van der Waals surface area contributed by atoms with Crippen LogP contribution in [-0.2, 0) is 17.8 Å². The first kappa shape index (κ1) is 18.0. The third-order valence-corrected chi connectivity index (χ3v) is 4.05. The number of nitrogens with zero attached hydrogens (tertiary/aromatic N) is 2. The summed E-state index contributed by atoms with van der Waals surface area (Å²) in [4.78, 5) is 12.2. The highest BCUT2D eigenvalue weighted by Gasteiger charge is 2.14. The molecule has 0 aliphatic heterocycles. The van der Waals surface area contributed by atoms with Gasteiger partial charge in [-0.25, -0.2) is 0 Å². The molecule has 1 aromatic carbocycles. The summed E-state index contributed by atoms with van der Waals surface area (Å²) < 4.78 is 7.17. The standard InChI is InChI=1S/C19H27N3O2/c1-13(2)12-22-15(4)18(14(3)21-22)10-11-19(23)20-16-6-8-17(24-5)9-7-16/h6-9,13H,10-12H2,1-5H3,(H,20,23). The van der Waals surface area contributed by atoms with Gasteiger partial charge >= 0.3 is 0 Å². The first-order valence-electron chi connectivity index (χ1n) is 8.37. The lowest BCUT2D eigenvalue weighted by Gasteiger charge is -2.08. The highest BCUT2D eigenvalue weighted by molar-refractivity contribution is 5.90. The Kier molecular flexibility index (Phi) is 6.01. The summed E-state index contributed by atoms with van der Waals surface area (Å²) in [6, 6.07) is 7.35. The Balaban J connectivity index is 1.94. The lowest BCUT2D eigenvalue weighted by Crippen LogP contribution is -2.13. The first-order valence-corrected chi connectivity index (χ1v) is 8.37. The molecule has 0 bridgehead atoms. The fourth-order valence-corrected chi connectivity index (χ4v) is 2.76. The normalized spacial score (nSPS) is 10.9. The van der Waals surface area contributed by atoms with Crippen molar-refractivity contribution in [1.29, 1.82) is 0 Å². The van der Waals surface area contributed by atoms with E-state index in [1.54, 1.807) is 7.11 Å².